The van der Waals surface area contributed by atoms with E-state index in [4.69, 9.17) is 11.6 Å². The lowest BCUT2D eigenvalue weighted by Gasteiger charge is -2.33. The summed E-state index contributed by atoms with van der Waals surface area (Å²) in [7, 11) is 0. The summed E-state index contributed by atoms with van der Waals surface area (Å²) in [4.78, 5) is 0. The lowest BCUT2D eigenvalue weighted by molar-refractivity contribution is -0.185. The minimum absolute atomic E-state index is 0.0293. The molecule has 0 aliphatic heterocycles. The predicted molar refractivity (Wildman–Crippen MR) is 76.0 cm³/mol. The van der Waals surface area contributed by atoms with Gasteiger partial charge in [-0.15, -0.1) is 11.6 Å². The van der Waals surface area contributed by atoms with E-state index in [-0.39, 0.29) is 24.1 Å². The van der Waals surface area contributed by atoms with Crippen LogP contribution in [0.5, 0.6) is 0 Å². The number of halogens is 4. The highest BCUT2D eigenvalue weighted by Gasteiger charge is 2.43. The molecule has 1 saturated carbocycles. The van der Waals surface area contributed by atoms with Crippen LogP contribution < -0.4 is 0 Å². The van der Waals surface area contributed by atoms with Crippen molar-refractivity contribution in [2.45, 2.75) is 50.6 Å². The van der Waals surface area contributed by atoms with Crippen LogP contribution >= 0.6 is 11.6 Å². The van der Waals surface area contributed by atoms with Gasteiger partial charge in [0.1, 0.15) is 0 Å². The fourth-order valence-electron chi connectivity index (χ4n) is 2.97. The number of alkyl halides is 4. The molecule has 1 aliphatic carbocycles. The average molecular weight is 305 g/mol. The Morgan fingerprint density at radius 1 is 1.20 bits per heavy atom. The second kappa shape index (κ2) is 6.38. The third-order valence-electron chi connectivity index (χ3n) is 4.24. The van der Waals surface area contributed by atoms with Gasteiger partial charge < -0.3 is 0 Å². The van der Waals surface area contributed by atoms with Crippen molar-refractivity contribution < 1.29 is 13.2 Å². The topological polar surface area (TPSA) is 0 Å². The van der Waals surface area contributed by atoms with E-state index in [0.717, 1.165) is 12.0 Å². The molecule has 0 spiro atoms. The molecule has 0 radical (unpaired) electrons. The molecule has 0 N–H and O–H groups in total. The lowest BCUT2D eigenvalue weighted by Crippen LogP contribution is -2.32. The zero-order valence-electron chi connectivity index (χ0n) is 11.6. The molecule has 0 bridgehead atoms. The van der Waals surface area contributed by atoms with Gasteiger partial charge >= 0.3 is 6.18 Å². The van der Waals surface area contributed by atoms with Crippen LogP contribution in [0, 0.1) is 18.8 Å². The summed E-state index contributed by atoms with van der Waals surface area (Å²) in [6.07, 6.45) is -1.54. The fourth-order valence-corrected chi connectivity index (χ4v) is 3.38. The predicted octanol–water partition coefficient (Wildman–Crippen LogP) is 5.51. The van der Waals surface area contributed by atoms with Gasteiger partial charge in [-0.3, -0.25) is 0 Å². The first kappa shape index (κ1) is 15.7. The van der Waals surface area contributed by atoms with Crippen molar-refractivity contribution in [3.05, 3.63) is 35.4 Å². The van der Waals surface area contributed by atoms with Crippen molar-refractivity contribution >= 4 is 11.6 Å². The van der Waals surface area contributed by atoms with Crippen LogP contribution in [-0.2, 0) is 6.42 Å². The Balaban J connectivity index is 1.95. The normalized spacial score (nSPS) is 25.4. The molecule has 112 valence electrons. The smallest absolute Gasteiger partial charge is 0.171 e. The molecule has 2 rings (SSSR count). The second-order valence-electron chi connectivity index (χ2n) is 5.87. The Hall–Kier alpha value is -0.700. The van der Waals surface area contributed by atoms with Crippen molar-refractivity contribution in [1.82, 2.24) is 0 Å². The van der Waals surface area contributed by atoms with E-state index >= 15 is 0 Å². The number of aryl methyl sites for hydroxylation is 1. The second-order valence-corrected chi connectivity index (χ2v) is 6.43. The molecule has 0 amide bonds. The third kappa shape index (κ3) is 4.15. The summed E-state index contributed by atoms with van der Waals surface area (Å²) in [5, 5.41) is -0.206. The van der Waals surface area contributed by atoms with Gasteiger partial charge in [0.15, 0.2) is 0 Å². The molecule has 20 heavy (non-hydrogen) atoms. The highest BCUT2D eigenvalue weighted by Crippen LogP contribution is 2.42. The molecular weight excluding hydrogens is 285 g/mol. The van der Waals surface area contributed by atoms with E-state index in [9.17, 15) is 13.2 Å². The van der Waals surface area contributed by atoms with Gasteiger partial charge in [0, 0.05) is 5.38 Å². The molecule has 1 aromatic carbocycles. The van der Waals surface area contributed by atoms with Crippen LogP contribution in [-0.4, -0.2) is 11.6 Å². The average Bonchev–Trinajstić information content (AvgIpc) is 2.40. The van der Waals surface area contributed by atoms with Gasteiger partial charge in [-0.25, -0.2) is 0 Å². The van der Waals surface area contributed by atoms with E-state index in [1.165, 1.54) is 5.56 Å². The highest BCUT2D eigenvalue weighted by atomic mass is 35.5. The molecular formula is C16H20ClF3. The maximum absolute atomic E-state index is 12.8. The van der Waals surface area contributed by atoms with Crippen molar-refractivity contribution in [3.63, 3.8) is 0 Å². The van der Waals surface area contributed by atoms with Crippen molar-refractivity contribution in [1.29, 1.82) is 0 Å². The van der Waals surface area contributed by atoms with Gasteiger partial charge in [-0.05, 0) is 44.1 Å². The standard InChI is InChI=1S/C16H20ClF3/c1-11-5-7-12(8-6-11)9-15(17)13-3-2-4-14(10-13)16(18,19)20/h5-8,13-15H,2-4,9-10H2,1H3. The van der Waals surface area contributed by atoms with E-state index in [1.54, 1.807) is 0 Å². The van der Waals surface area contributed by atoms with Gasteiger partial charge in [-0.2, -0.15) is 13.2 Å². The first-order valence-electron chi connectivity index (χ1n) is 7.12. The van der Waals surface area contributed by atoms with E-state index in [0.29, 0.717) is 12.8 Å². The molecule has 0 heterocycles. The number of hydrogen-bond donors (Lipinski definition) is 0. The number of hydrogen-bond acceptors (Lipinski definition) is 0. The molecule has 3 atom stereocenters. The van der Waals surface area contributed by atoms with Crippen molar-refractivity contribution in [3.8, 4) is 0 Å². The van der Waals surface area contributed by atoms with Crippen LogP contribution in [0.15, 0.2) is 24.3 Å². The minimum atomic E-state index is -4.07. The highest BCUT2D eigenvalue weighted by molar-refractivity contribution is 6.20. The monoisotopic (exact) mass is 304 g/mol. The summed E-state index contributed by atoms with van der Waals surface area (Å²) in [6.45, 7) is 2.01. The van der Waals surface area contributed by atoms with Crippen LogP contribution in [0.25, 0.3) is 0 Å². The quantitative estimate of drug-likeness (QED) is 0.646. The maximum atomic E-state index is 12.8. The van der Waals surface area contributed by atoms with Crippen LogP contribution in [0.4, 0.5) is 13.2 Å². The summed E-state index contributed by atoms with van der Waals surface area (Å²) >= 11 is 6.38. The summed E-state index contributed by atoms with van der Waals surface area (Å²) in [6, 6.07) is 8.04. The zero-order valence-corrected chi connectivity index (χ0v) is 12.3. The maximum Gasteiger partial charge on any atom is 0.391 e. The first-order valence-corrected chi connectivity index (χ1v) is 7.56. The number of benzene rings is 1. The van der Waals surface area contributed by atoms with Crippen LogP contribution in [0.3, 0.4) is 0 Å². The fraction of sp³-hybridized carbons (Fsp3) is 0.625. The lowest BCUT2D eigenvalue weighted by atomic mass is 9.78. The molecule has 1 aromatic rings. The van der Waals surface area contributed by atoms with Crippen LogP contribution in [0.1, 0.15) is 36.8 Å². The van der Waals surface area contributed by atoms with Crippen molar-refractivity contribution in [2.24, 2.45) is 11.8 Å². The van der Waals surface area contributed by atoms with Gasteiger partial charge in [-0.1, -0.05) is 36.2 Å². The molecule has 0 nitrogen and oxygen atoms in total. The van der Waals surface area contributed by atoms with Gasteiger partial charge in [0.25, 0.3) is 0 Å². The largest absolute Gasteiger partial charge is 0.391 e. The summed E-state index contributed by atoms with van der Waals surface area (Å²) < 4.78 is 38.4. The summed E-state index contributed by atoms with van der Waals surface area (Å²) in [5.41, 5.74) is 2.28. The van der Waals surface area contributed by atoms with E-state index < -0.39 is 12.1 Å². The Bertz CT molecular complexity index is 424. The van der Waals surface area contributed by atoms with Crippen molar-refractivity contribution in [2.75, 3.05) is 0 Å². The molecule has 4 heteroatoms. The zero-order chi connectivity index (χ0) is 14.8. The Labute approximate surface area is 123 Å². The third-order valence-corrected chi connectivity index (χ3v) is 4.75. The minimum Gasteiger partial charge on any atom is -0.171 e. The molecule has 0 aromatic heterocycles. The summed E-state index contributed by atoms with van der Waals surface area (Å²) in [5.74, 6) is -1.20. The first-order chi connectivity index (χ1) is 9.36. The van der Waals surface area contributed by atoms with Crippen LogP contribution in [0.2, 0.25) is 0 Å². The van der Waals surface area contributed by atoms with Gasteiger partial charge in [0.2, 0.25) is 0 Å². The molecule has 1 fully saturated rings. The Morgan fingerprint density at radius 3 is 2.45 bits per heavy atom. The van der Waals surface area contributed by atoms with E-state index in [1.807, 2.05) is 31.2 Å². The number of rotatable bonds is 3. The SMILES string of the molecule is Cc1ccc(CC(Cl)C2CCCC(C(F)(F)F)C2)cc1. The molecule has 3 unspecified atom stereocenters. The Kier molecular flexibility index (Phi) is 5.00. The van der Waals surface area contributed by atoms with Gasteiger partial charge in [0.05, 0.1) is 5.92 Å². The van der Waals surface area contributed by atoms with E-state index in [2.05, 4.69) is 0 Å². The Morgan fingerprint density at radius 2 is 1.85 bits per heavy atom. The molecule has 1 aliphatic rings. The molecule has 0 saturated heterocycles.